The predicted molar refractivity (Wildman–Crippen MR) is 93.4 cm³/mol. The van der Waals surface area contributed by atoms with E-state index < -0.39 is 10.8 Å². The molecule has 1 aromatic rings. The minimum absolute atomic E-state index is 0.0113. The molecule has 1 aliphatic heterocycles. The molecule has 1 atom stereocenters. The third kappa shape index (κ3) is 3.92. The number of likely N-dealkylation sites (tertiary alicyclic amines) is 1. The SMILES string of the molecule is O=C(Nc1cc([N+](=O)[O-])ccc1Cl)C1CC(=O)N(C2CCCCC2)C1. The van der Waals surface area contributed by atoms with Crippen molar-refractivity contribution >= 4 is 34.8 Å². The summed E-state index contributed by atoms with van der Waals surface area (Å²) in [4.78, 5) is 36.9. The maximum atomic E-state index is 12.5. The van der Waals surface area contributed by atoms with Crippen molar-refractivity contribution in [2.24, 2.45) is 5.92 Å². The first-order valence-corrected chi connectivity index (χ1v) is 8.88. The molecule has 2 fully saturated rings. The van der Waals surface area contributed by atoms with Crippen LogP contribution < -0.4 is 5.32 Å². The quantitative estimate of drug-likeness (QED) is 0.654. The number of nitrogens with zero attached hydrogens (tertiary/aromatic N) is 2. The average molecular weight is 366 g/mol. The highest BCUT2D eigenvalue weighted by Gasteiger charge is 2.38. The molecule has 25 heavy (non-hydrogen) atoms. The van der Waals surface area contributed by atoms with Gasteiger partial charge in [0.15, 0.2) is 0 Å². The molecular weight excluding hydrogens is 346 g/mol. The Morgan fingerprint density at radius 2 is 2.00 bits per heavy atom. The van der Waals surface area contributed by atoms with Gasteiger partial charge in [0.25, 0.3) is 5.69 Å². The van der Waals surface area contributed by atoms with E-state index in [9.17, 15) is 19.7 Å². The fourth-order valence-corrected chi connectivity index (χ4v) is 3.78. The molecule has 2 aliphatic rings. The van der Waals surface area contributed by atoms with E-state index in [2.05, 4.69) is 5.32 Å². The maximum absolute atomic E-state index is 12.5. The first-order valence-electron chi connectivity index (χ1n) is 8.50. The highest BCUT2D eigenvalue weighted by Crippen LogP contribution is 2.31. The number of carbonyl (C=O) groups excluding carboxylic acids is 2. The van der Waals surface area contributed by atoms with Crippen molar-refractivity contribution in [1.82, 2.24) is 4.90 Å². The van der Waals surface area contributed by atoms with Crippen LogP contribution in [0.3, 0.4) is 0 Å². The second kappa shape index (κ2) is 7.39. The fraction of sp³-hybridized carbons (Fsp3) is 0.529. The molecule has 1 saturated carbocycles. The Morgan fingerprint density at radius 3 is 2.68 bits per heavy atom. The van der Waals surface area contributed by atoms with Crippen molar-refractivity contribution in [1.29, 1.82) is 0 Å². The molecule has 0 bridgehead atoms. The largest absolute Gasteiger partial charge is 0.339 e. The van der Waals surface area contributed by atoms with Crippen molar-refractivity contribution in [3.05, 3.63) is 33.3 Å². The summed E-state index contributed by atoms with van der Waals surface area (Å²) in [6.45, 7) is 0.405. The van der Waals surface area contributed by atoms with Crippen LogP contribution in [-0.4, -0.2) is 34.2 Å². The Kier molecular flexibility index (Phi) is 5.22. The van der Waals surface area contributed by atoms with Gasteiger partial charge in [-0.05, 0) is 18.9 Å². The number of nitro groups is 1. The molecule has 0 spiro atoms. The number of rotatable bonds is 4. The lowest BCUT2D eigenvalue weighted by atomic mass is 9.94. The van der Waals surface area contributed by atoms with Crippen molar-refractivity contribution in [2.75, 3.05) is 11.9 Å². The van der Waals surface area contributed by atoms with E-state index in [1.165, 1.54) is 24.6 Å². The van der Waals surface area contributed by atoms with Crippen molar-refractivity contribution in [3.8, 4) is 0 Å². The van der Waals surface area contributed by atoms with Crippen LogP contribution in [0.1, 0.15) is 38.5 Å². The van der Waals surface area contributed by atoms with Gasteiger partial charge in [-0.1, -0.05) is 30.9 Å². The highest BCUT2D eigenvalue weighted by molar-refractivity contribution is 6.33. The zero-order chi connectivity index (χ0) is 18.0. The van der Waals surface area contributed by atoms with Gasteiger partial charge in [0.1, 0.15) is 0 Å². The lowest BCUT2D eigenvalue weighted by Gasteiger charge is -2.31. The molecule has 2 amide bonds. The molecule has 7 nitrogen and oxygen atoms in total. The first-order chi connectivity index (χ1) is 12.0. The highest BCUT2D eigenvalue weighted by atomic mass is 35.5. The van der Waals surface area contributed by atoms with Crippen LogP contribution in [0.15, 0.2) is 18.2 Å². The number of halogens is 1. The van der Waals surface area contributed by atoms with Crippen LogP contribution in [0.5, 0.6) is 0 Å². The van der Waals surface area contributed by atoms with E-state index in [0.717, 1.165) is 25.7 Å². The summed E-state index contributed by atoms with van der Waals surface area (Å²) in [5, 5.41) is 13.7. The van der Waals surface area contributed by atoms with Crippen molar-refractivity contribution in [3.63, 3.8) is 0 Å². The van der Waals surface area contributed by atoms with Gasteiger partial charge in [-0.15, -0.1) is 0 Å². The lowest BCUT2D eigenvalue weighted by Crippen LogP contribution is -2.38. The number of hydrogen-bond acceptors (Lipinski definition) is 4. The molecule has 1 aliphatic carbocycles. The summed E-state index contributed by atoms with van der Waals surface area (Å²) in [6, 6.07) is 4.13. The molecule has 1 N–H and O–H groups in total. The monoisotopic (exact) mass is 365 g/mol. The molecule has 1 heterocycles. The molecule has 0 aromatic heterocycles. The Bertz CT molecular complexity index is 703. The van der Waals surface area contributed by atoms with Crippen LogP contribution in [0.4, 0.5) is 11.4 Å². The number of carbonyl (C=O) groups is 2. The van der Waals surface area contributed by atoms with Gasteiger partial charge >= 0.3 is 0 Å². The van der Waals surface area contributed by atoms with Gasteiger partial charge in [-0.2, -0.15) is 0 Å². The molecule has 0 radical (unpaired) electrons. The molecule has 134 valence electrons. The fourth-order valence-electron chi connectivity index (χ4n) is 3.61. The van der Waals surface area contributed by atoms with Gasteiger partial charge in [-0.3, -0.25) is 19.7 Å². The second-order valence-corrected chi connectivity index (χ2v) is 7.06. The van der Waals surface area contributed by atoms with Gasteiger partial charge in [-0.25, -0.2) is 0 Å². The average Bonchev–Trinajstić information content (AvgIpc) is 2.99. The Morgan fingerprint density at radius 1 is 1.28 bits per heavy atom. The molecule has 8 heteroatoms. The van der Waals surface area contributed by atoms with Crippen LogP contribution in [0.2, 0.25) is 5.02 Å². The summed E-state index contributed by atoms with van der Waals surface area (Å²) in [7, 11) is 0. The third-order valence-corrected chi connectivity index (χ3v) is 5.29. The Hall–Kier alpha value is -2.15. The third-order valence-electron chi connectivity index (χ3n) is 4.96. The molecule has 1 aromatic carbocycles. The van der Waals surface area contributed by atoms with E-state index in [1.807, 2.05) is 4.90 Å². The summed E-state index contributed by atoms with van der Waals surface area (Å²) in [5.74, 6) is -0.768. The number of amides is 2. The van der Waals surface area contributed by atoms with Crippen molar-refractivity contribution < 1.29 is 14.5 Å². The summed E-state index contributed by atoms with van der Waals surface area (Å²) >= 11 is 6.02. The van der Waals surface area contributed by atoms with Gasteiger partial charge < -0.3 is 10.2 Å². The standard InChI is InChI=1S/C17H20ClN3O4/c18-14-7-6-13(21(24)25)9-15(14)19-17(23)11-8-16(22)20(10-11)12-4-2-1-3-5-12/h6-7,9,11-12H,1-5,8,10H2,(H,19,23). The summed E-state index contributed by atoms with van der Waals surface area (Å²) in [6.07, 6.45) is 5.61. The van der Waals surface area contributed by atoms with Gasteiger partial charge in [0, 0.05) is 31.1 Å². The number of hydrogen-bond donors (Lipinski definition) is 1. The van der Waals surface area contributed by atoms with Crippen molar-refractivity contribution in [2.45, 2.75) is 44.6 Å². The molecular formula is C17H20ClN3O4. The van der Waals surface area contributed by atoms with E-state index >= 15 is 0 Å². The van der Waals surface area contributed by atoms with E-state index in [4.69, 9.17) is 11.6 Å². The summed E-state index contributed by atoms with van der Waals surface area (Å²) < 4.78 is 0. The van der Waals surface area contributed by atoms with E-state index in [0.29, 0.717) is 6.54 Å². The Labute approximate surface area is 150 Å². The summed E-state index contributed by atoms with van der Waals surface area (Å²) in [5.41, 5.74) is 0.0514. The zero-order valence-electron chi connectivity index (χ0n) is 13.7. The number of benzene rings is 1. The first kappa shape index (κ1) is 17.7. The minimum Gasteiger partial charge on any atom is -0.339 e. The van der Waals surface area contributed by atoms with Gasteiger partial charge in [0.05, 0.1) is 21.6 Å². The molecule has 1 unspecified atom stereocenters. The Balaban J connectivity index is 1.67. The maximum Gasteiger partial charge on any atom is 0.271 e. The van der Waals surface area contributed by atoms with Crippen LogP contribution in [-0.2, 0) is 9.59 Å². The second-order valence-electron chi connectivity index (χ2n) is 6.65. The minimum atomic E-state index is -0.546. The number of nitro benzene ring substituents is 1. The number of non-ortho nitro benzene ring substituents is 1. The zero-order valence-corrected chi connectivity index (χ0v) is 14.5. The van der Waals surface area contributed by atoms with Crippen LogP contribution >= 0.6 is 11.6 Å². The lowest BCUT2D eigenvalue weighted by molar-refractivity contribution is -0.384. The van der Waals surface area contributed by atoms with Gasteiger partial charge in [0.2, 0.25) is 11.8 Å². The smallest absolute Gasteiger partial charge is 0.271 e. The predicted octanol–water partition coefficient (Wildman–Crippen LogP) is 3.37. The van der Waals surface area contributed by atoms with Crippen LogP contribution in [0.25, 0.3) is 0 Å². The number of anilines is 1. The van der Waals surface area contributed by atoms with Crippen LogP contribution in [0, 0.1) is 16.0 Å². The van der Waals surface area contributed by atoms with E-state index in [1.54, 1.807) is 0 Å². The topological polar surface area (TPSA) is 92.5 Å². The molecule has 1 saturated heterocycles. The normalized spacial score (nSPS) is 21.4. The number of nitrogens with one attached hydrogen (secondary N) is 1. The van der Waals surface area contributed by atoms with E-state index in [-0.39, 0.29) is 40.7 Å². The molecule has 3 rings (SSSR count).